The molecule has 0 aliphatic carbocycles. The van der Waals surface area contributed by atoms with Gasteiger partial charge in [0.05, 0.1) is 5.56 Å². The SMILES string of the molecule is Cc1ccccc1CNCCOc1cccc(C(=O)O)c1. The van der Waals surface area contributed by atoms with Gasteiger partial charge in [-0.2, -0.15) is 0 Å². The number of aryl methyl sites for hydroxylation is 1. The molecule has 0 bridgehead atoms. The van der Waals surface area contributed by atoms with Crippen LogP contribution in [0, 0.1) is 6.92 Å². The first-order valence-electron chi connectivity index (χ1n) is 6.88. The average molecular weight is 285 g/mol. The minimum Gasteiger partial charge on any atom is -0.492 e. The van der Waals surface area contributed by atoms with Gasteiger partial charge in [0.15, 0.2) is 0 Å². The Kier molecular flexibility index (Phi) is 5.35. The van der Waals surface area contributed by atoms with Crippen molar-refractivity contribution in [3.63, 3.8) is 0 Å². The van der Waals surface area contributed by atoms with Crippen molar-refractivity contribution in [1.29, 1.82) is 0 Å². The zero-order valence-electron chi connectivity index (χ0n) is 12.0. The van der Waals surface area contributed by atoms with E-state index in [-0.39, 0.29) is 5.56 Å². The van der Waals surface area contributed by atoms with Gasteiger partial charge in [0.1, 0.15) is 12.4 Å². The number of carboxylic acid groups (broad SMARTS) is 1. The number of ether oxygens (including phenoxy) is 1. The normalized spacial score (nSPS) is 10.3. The molecule has 4 heteroatoms. The molecule has 0 fully saturated rings. The summed E-state index contributed by atoms with van der Waals surface area (Å²) >= 11 is 0. The molecule has 0 unspecified atom stereocenters. The van der Waals surface area contributed by atoms with Crippen LogP contribution in [0.5, 0.6) is 5.75 Å². The van der Waals surface area contributed by atoms with Crippen LogP contribution in [0.25, 0.3) is 0 Å². The number of hydrogen-bond donors (Lipinski definition) is 2. The molecule has 2 aromatic carbocycles. The van der Waals surface area contributed by atoms with Crippen LogP contribution in [-0.4, -0.2) is 24.2 Å². The monoisotopic (exact) mass is 285 g/mol. The summed E-state index contributed by atoms with van der Waals surface area (Å²) in [5.74, 6) is -0.370. The molecular formula is C17H19NO3. The second-order valence-corrected chi connectivity index (χ2v) is 4.78. The highest BCUT2D eigenvalue weighted by Crippen LogP contribution is 2.13. The summed E-state index contributed by atoms with van der Waals surface area (Å²) in [6.45, 7) is 4.08. The second kappa shape index (κ2) is 7.45. The number of rotatable bonds is 7. The molecule has 2 N–H and O–H groups in total. The van der Waals surface area contributed by atoms with E-state index in [2.05, 4.69) is 24.4 Å². The van der Waals surface area contributed by atoms with Gasteiger partial charge in [0.2, 0.25) is 0 Å². The van der Waals surface area contributed by atoms with Crippen molar-refractivity contribution >= 4 is 5.97 Å². The molecule has 0 saturated heterocycles. The quantitative estimate of drug-likeness (QED) is 0.768. The summed E-state index contributed by atoms with van der Waals surface area (Å²) in [6.07, 6.45) is 0. The number of benzene rings is 2. The summed E-state index contributed by atoms with van der Waals surface area (Å²) in [4.78, 5) is 10.9. The number of carbonyl (C=O) groups is 1. The van der Waals surface area contributed by atoms with Crippen LogP contribution in [0.3, 0.4) is 0 Å². The molecule has 0 saturated carbocycles. The largest absolute Gasteiger partial charge is 0.492 e. The fraction of sp³-hybridized carbons (Fsp3) is 0.235. The maximum absolute atomic E-state index is 10.9. The Labute approximate surface area is 124 Å². The molecule has 2 rings (SSSR count). The van der Waals surface area contributed by atoms with Gasteiger partial charge in [-0.25, -0.2) is 4.79 Å². The molecule has 0 heterocycles. The molecule has 110 valence electrons. The van der Waals surface area contributed by atoms with E-state index in [1.54, 1.807) is 18.2 Å². The van der Waals surface area contributed by atoms with Crippen LogP contribution in [0.15, 0.2) is 48.5 Å². The highest BCUT2D eigenvalue weighted by atomic mass is 16.5. The van der Waals surface area contributed by atoms with Crippen LogP contribution in [0.4, 0.5) is 0 Å². The first kappa shape index (κ1) is 15.1. The Bertz CT molecular complexity index is 610. The van der Waals surface area contributed by atoms with E-state index < -0.39 is 5.97 Å². The zero-order valence-corrected chi connectivity index (χ0v) is 12.0. The summed E-state index contributed by atoms with van der Waals surface area (Å²) < 4.78 is 5.54. The third-order valence-electron chi connectivity index (χ3n) is 3.21. The lowest BCUT2D eigenvalue weighted by Gasteiger charge is -2.09. The van der Waals surface area contributed by atoms with Crippen molar-refractivity contribution in [2.75, 3.05) is 13.2 Å². The number of hydrogen-bond acceptors (Lipinski definition) is 3. The standard InChI is InChI=1S/C17H19NO3/c1-13-5-2-3-6-15(13)12-18-9-10-21-16-8-4-7-14(11-16)17(19)20/h2-8,11,18H,9-10,12H2,1H3,(H,19,20). The minimum atomic E-state index is -0.946. The van der Waals surface area contributed by atoms with Crippen molar-refractivity contribution in [2.24, 2.45) is 0 Å². The maximum Gasteiger partial charge on any atom is 0.335 e. The molecule has 0 aromatic heterocycles. The molecule has 0 atom stereocenters. The summed E-state index contributed by atoms with van der Waals surface area (Å²) in [5, 5.41) is 12.2. The van der Waals surface area contributed by atoms with Crippen molar-refractivity contribution in [3.05, 3.63) is 65.2 Å². The highest BCUT2D eigenvalue weighted by molar-refractivity contribution is 5.87. The van der Waals surface area contributed by atoms with Gasteiger partial charge in [-0.3, -0.25) is 0 Å². The van der Waals surface area contributed by atoms with Gasteiger partial charge in [0, 0.05) is 13.1 Å². The average Bonchev–Trinajstić information content (AvgIpc) is 2.49. The van der Waals surface area contributed by atoms with Gasteiger partial charge < -0.3 is 15.2 Å². The van der Waals surface area contributed by atoms with E-state index in [0.717, 1.165) is 6.54 Å². The van der Waals surface area contributed by atoms with E-state index in [1.807, 2.05) is 12.1 Å². The summed E-state index contributed by atoms with van der Waals surface area (Å²) in [6, 6.07) is 14.8. The van der Waals surface area contributed by atoms with Crippen molar-refractivity contribution in [1.82, 2.24) is 5.32 Å². The van der Waals surface area contributed by atoms with Crippen LogP contribution < -0.4 is 10.1 Å². The van der Waals surface area contributed by atoms with E-state index in [4.69, 9.17) is 9.84 Å². The predicted molar refractivity (Wildman–Crippen MR) is 81.8 cm³/mol. The molecule has 2 aromatic rings. The predicted octanol–water partition coefficient (Wildman–Crippen LogP) is 2.86. The second-order valence-electron chi connectivity index (χ2n) is 4.78. The summed E-state index contributed by atoms with van der Waals surface area (Å²) in [7, 11) is 0. The van der Waals surface area contributed by atoms with Crippen LogP contribution in [-0.2, 0) is 6.54 Å². The van der Waals surface area contributed by atoms with Gasteiger partial charge in [-0.1, -0.05) is 30.3 Å². The smallest absolute Gasteiger partial charge is 0.335 e. The number of aromatic carboxylic acids is 1. The lowest BCUT2D eigenvalue weighted by Crippen LogP contribution is -2.21. The third kappa shape index (κ3) is 4.61. The molecular weight excluding hydrogens is 266 g/mol. The Hall–Kier alpha value is -2.33. The molecule has 21 heavy (non-hydrogen) atoms. The van der Waals surface area contributed by atoms with Gasteiger partial charge in [-0.05, 0) is 36.2 Å². The van der Waals surface area contributed by atoms with E-state index >= 15 is 0 Å². The molecule has 0 spiro atoms. The van der Waals surface area contributed by atoms with Crippen molar-refractivity contribution in [3.8, 4) is 5.75 Å². The van der Waals surface area contributed by atoms with Crippen molar-refractivity contribution < 1.29 is 14.6 Å². The van der Waals surface area contributed by atoms with E-state index in [0.29, 0.717) is 18.9 Å². The third-order valence-corrected chi connectivity index (χ3v) is 3.21. The molecule has 0 aliphatic rings. The Morgan fingerprint density at radius 1 is 1.19 bits per heavy atom. The van der Waals surface area contributed by atoms with Crippen LogP contribution in [0.1, 0.15) is 21.5 Å². The first-order chi connectivity index (χ1) is 10.2. The minimum absolute atomic E-state index is 0.236. The van der Waals surface area contributed by atoms with E-state index in [9.17, 15) is 4.79 Å². The Morgan fingerprint density at radius 3 is 2.76 bits per heavy atom. The lowest BCUT2D eigenvalue weighted by molar-refractivity contribution is 0.0696. The number of carboxylic acids is 1. The number of nitrogens with one attached hydrogen (secondary N) is 1. The first-order valence-corrected chi connectivity index (χ1v) is 6.88. The van der Waals surface area contributed by atoms with E-state index in [1.165, 1.54) is 17.2 Å². The van der Waals surface area contributed by atoms with Gasteiger partial charge in [-0.15, -0.1) is 0 Å². The van der Waals surface area contributed by atoms with Crippen LogP contribution in [0.2, 0.25) is 0 Å². The topological polar surface area (TPSA) is 58.6 Å². The van der Waals surface area contributed by atoms with Gasteiger partial charge in [0.25, 0.3) is 0 Å². The molecule has 0 radical (unpaired) electrons. The van der Waals surface area contributed by atoms with Crippen molar-refractivity contribution in [2.45, 2.75) is 13.5 Å². The summed E-state index contributed by atoms with van der Waals surface area (Å²) in [5.41, 5.74) is 2.77. The fourth-order valence-corrected chi connectivity index (χ4v) is 1.99. The maximum atomic E-state index is 10.9. The van der Waals surface area contributed by atoms with Gasteiger partial charge >= 0.3 is 5.97 Å². The Balaban J connectivity index is 1.74. The highest BCUT2D eigenvalue weighted by Gasteiger charge is 2.03. The Morgan fingerprint density at radius 2 is 2.00 bits per heavy atom. The zero-order chi connectivity index (χ0) is 15.1. The molecule has 0 amide bonds. The molecule has 0 aliphatic heterocycles. The van der Waals surface area contributed by atoms with Crippen LogP contribution >= 0.6 is 0 Å². The molecule has 4 nitrogen and oxygen atoms in total. The fourth-order valence-electron chi connectivity index (χ4n) is 1.99. The lowest BCUT2D eigenvalue weighted by atomic mass is 10.1.